The normalized spacial score (nSPS) is 10.1. The molecule has 0 bridgehead atoms. The zero-order chi connectivity index (χ0) is 13.4. The van der Waals surface area contributed by atoms with Crippen LogP contribution in [0.25, 0.3) is 0 Å². The van der Waals surface area contributed by atoms with Crippen molar-refractivity contribution in [1.82, 2.24) is 15.3 Å². The fourth-order valence-corrected chi connectivity index (χ4v) is 1.42. The van der Waals surface area contributed by atoms with Gasteiger partial charge in [-0.3, -0.25) is 9.59 Å². The Balaban J connectivity index is 2.41. The van der Waals surface area contributed by atoms with Crippen molar-refractivity contribution in [2.45, 2.75) is 33.1 Å². The minimum atomic E-state index is -0.181. The van der Waals surface area contributed by atoms with E-state index < -0.39 is 0 Å². The first-order valence-electron chi connectivity index (χ1n) is 6.26. The van der Waals surface area contributed by atoms with Crippen molar-refractivity contribution in [1.29, 1.82) is 0 Å². The molecule has 1 aromatic heterocycles. The largest absolute Gasteiger partial charge is 0.369 e. The fourth-order valence-electron chi connectivity index (χ4n) is 1.42. The quantitative estimate of drug-likeness (QED) is 0.665. The van der Waals surface area contributed by atoms with E-state index in [-0.39, 0.29) is 11.5 Å². The van der Waals surface area contributed by atoms with Gasteiger partial charge >= 0.3 is 0 Å². The van der Waals surface area contributed by atoms with Crippen LogP contribution >= 0.6 is 0 Å². The standard InChI is InChI=1S/C12H20N4O2/c1-3-6-14-11(17)5-7-13-10-8-12(18)16-9(4-2)15-10/h8H,3-7H2,1-2H3,(H,14,17)(H2,13,15,16,18). The van der Waals surface area contributed by atoms with Crippen LogP contribution in [0.3, 0.4) is 0 Å². The molecule has 0 spiro atoms. The molecule has 0 aliphatic rings. The molecule has 0 atom stereocenters. The van der Waals surface area contributed by atoms with Crippen molar-refractivity contribution in [2.24, 2.45) is 0 Å². The van der Waals surface area contributed by atoms with Crippen LogP contribution in [-0.4, -0.2) is 29.0 Å². The summed E-state index contributed by atoms with van der Waals surface area (Å²) < 4.78 is 0. The number of rotatable bonds is 7. The van der Waals surface area contributed by atoms with Crippen molar-refractivity contribution in [2.75, 3.05) is 18.4 Å². The van der Waals surface area contributed by atoms with Gasteiger partial charge in [0.15, 0.2) is 0 Å². The second kappa shape index (κ2) is 7.47. The van der Waals surface area contributed by atoms with Gasteiger partial charge < -0.3 is 15.6 Å². The molecule has 1 rings (SSSR count). The Morgan fingerprint density at radius 3 is 2.83 bits per heavy atom. The lowest BCUT2D eigenvalue weighted by molar-refractivity contribution is -0.120. The summed E-state index contributed by atoms with van der Waals surface area (Å²) in [6, 6.07) is 1.39. The molecule has 0 saturated carbocycles. The van der Waals surface area contributed by atoms with Crippen LogP contribution in [0.1, 0.15) is 32.5 Å². The van der Waals surface area contributed by atoms with E-state index in [0.717, 1.165) is 6.42 Å². The van der Waals surface area contributed by atoms with Gasteiger partial charge in [0.1, 0.15) is 11.6 Å². The first kappa shape index (κ1) is 14.2. The number of hydrogen-bond acceptors (Lipinski definition) is 4. The van der Waals surface area contributed by atoms with E-state index in [0.29, 0.717) is 37.6 Å². The molecule has 6 nitrogen and oxygen atoms in total. The Labute approximate surface area is 106 Å². The van der Waals surface area contributed by atoms with E-state index in [2.05, 4.69) is 20.6 Å². The molecule has 0 radical (unpaired) electrons. The maximum Gasteiger partial charge on any atom is 0.252 e. The predicted molar refractivity (Wildman–Crippen MR) is 70.6 cm³/mol. The molecule has 0 aliphatic carbocycles. The Bertz CT molecular complexity index is 442. The second-order valence-electron chi connectivity index (χ2n) is 3.96. The maximum absolute atomic E-state index is 11.3. The summed E-state index contributed by atoms with van der Waals surface area (Å²) in [4.78, 5) is 29.5. The lowest BCUT2D eigenvalue weighted by Gasteiger charge is -2.06. The van der Waals surface area contributed by atoms with E-state index in [9.17, 15) is 9.59 Å². The highest BCUT2D eigenvalue weighted by Gasteiger charge is 2.02. The molecular formula is C12H20N4O2. The molecule has 18 heavy (non-hydrogen) atoms. The van der Waals surface area contributed by atoms with E-state index >= 15 is 0 Å². The Hall–Kier alpha value is -1.85. The summed E-state index contributed by atoms with van der Waals surface area (Å²) in [6.07, 6.45) is 1.96. The van der Waals surface area contributed by atoms with Crippen molar-refractivity contribution < 1.29 is 4.79 Å². The van der Waals surface area contributed by atoms with Gasteiger partial charge in [0.25, 0.3) is 5.56 Å². The third-order valence-electron chi connectivity index (χ3n) is 2.36. The van der Waals surface area contributed by atoms with Crippen LogP contribution < -0.4 is 16.2 Å². The van der Waals surface area contributed by atoms with Crippen LogP contribution in [0.15, 0.2) is 10.9 Å². The molecule has 1 amide bonds. The summed E-state index contributed by atoms with van der Waals surface area (Å²) in [6.45, 7) is 5.09. The first-order chi connectivity index (χ1) is 8.65. The minimum Gasteiger partial charge on any atom is -0.369 e. The lowest BCUT2D eigenvalue weighted by Crippen LogP contribution is -2.26. The van der Waals surface area contributed by atoms with E-state index in [1.54, 1.807) is 0 Å². The average molecular weight is 252 g/mol. The summed E-state index contributed by atoms with van der Waals surface area (Å²) in [5.74, 6) is 1.16. The molecule has 3 N–H and O–H groups in total. The Morgan fingerprint density at radius 2 is 2.17 bits per heavy atom. The van der Waals surface area contributed by atoms with E-state index in [1.165, 1.54) is 6.07 Å². The zero-order valence-electron chi connectivity index (χ0n) is 10.9. The van der Waals surface area contributed by atoms with Crippen LogP contribution in [0.4, 0.5) is 5.82 Å². The molecule has 0 aromatic carbocycles. The number of anilines is 1. The van der Waals surface area contributed by atoms with Gasteiger partial charge in [-0.25, -0.2) is 4.98 Å². The Kier molecular flexibility index (Phi) is 5.90. The van der Waals surface area contributed by atoms with E-state index in [1.807, 2.05) is 13.8 Å². The minimum absolute atomic E-state index is 0.00454. The van der Waals surface area contributed by atoms with E-state index in [4.69, 9.17) is 0 Å². The second-order valence-corrected chi connectivity index (χ2v) is 3.96. The van der Waals surface area contributed by atoms with Gasteiger partial charge in [0.05, 0.1) is 0 Å². The fraction of sp³-hybridized carbons (Fsp3) is 0.583. The maximum atomic E-state index is 11.3. The summed E-state index contributed by atoms with van der Waals surface area (Å²) in [7, 11) is 0. The van der Waals surface area contributed by atoms with Gasteiger partial charge in [-0.1, -0.05) is 13.8 Å². The van der Waals surface area contributed by atoms with Gasteiger partial charge in [-0.2, -0.15) is 0 Å². The highest BCUT2D eigenvalue weighted by molar-refractivity contribution is 5.76. The molecule has 1 aromatic rings. The van der Waals surface area contributed by atoms with Crippen LogP contribution in [-0.2, 0) is 11.2 Å². The predicted octanol–water partition coefficient (Wildman–Crippen LogP) is 0.660. The number of nitrogens with one attached hydrogen (secondary N) is 3. The molecular weight excluding hydrogens is 232 g/mol. The number of H-pyrrole nitrogens is 1. The molecule has 6 heteroatoms. The SMILES string of the molecule is CCCNC(=O)CCNc1cc(=O)[nH]c(CC)n1. The smallest absolute Gasteiger partial charge is 0.252 e. The summed E-state index contributed by atoms with van der Waals surface area (Å²) in [5.41, 5.74) is -0.181. The van der Waals surface area contributed by atoms with Gasteiger partial charge in [0.2, 0.25) is 5.91 Å². The number of aryl methyl sites for hydroxylation is 1. The molecule has 1 heterocycles. The molecule has 0 saturated heterocycles. The van der Waals surface area contributed by atoms with Gasteiger partial charge in [-0.15, -0.1) is 0 Å². The van der Waals surface area contributed by atoms with Crippen molar-refractivity contribution >= 4 is 11.7 Å². The highest BCUT2D eigenvalue weighted by Crippen LogP contribution is 1.99. The topological polar surface area (TPSA) is 86.9 Å². The van der Waals surface area contributed by atoms with Crippen molar-refractivity contribution in [3.8, 4) is 0 Å². The third kappa shape index (κ3) is 4.99. The van der Waals surface area contributed by atoms with Crippen molar-refractivity contribution in [3.63, 3.8) is 0 Å². The number of amides is 1. The molecule has 100 valence electrons. The number of carbonyl (C=O) groups is 1. The lowest BCUT2D eigenvalue weighted by atomic mass is 10.3. The van der Waals surface area contributed by atoms with Gasteiger partial charge in [0, 0.05) is 32.0 Å². The molecule has 0 unspecified atom stereocenters. The van der Waals surface area contributed by atoms with Crippen LogP contribution in [0.5, 0.6) is 0 Å². The Morgan fingerprint density at radius 1 is 1.39 bits per heavy atom. The number of nitrogens with zero attached hydrogens (tertiary/aromatic N) is 1. The first-order valence-corrected chi connectivity index (χ1v) is 6.26. The molecule has 0 aliphatic heterocycles. The number of hydrogen-bond donors (Lipinski definition) is 3. The summed E-state index contributed by atoms with van der Waals surface area (Å²) in [5, 5.41) is 5.76. The third-order valence-corrected chi connectivity index (χ3v) is 2.36. The zero-order valence-corrected chi connectivity index (χ0v) is 10.9. The van der Waals surface area contributed by atoms with Crippen molar-refractivity contribution in [3.05, 3.63) is 22.2 Å². The average Bonchev–Trinajstić information content (AvgIpc) is 2.35. The monoisotopic (exact) mass is 252 g/mol. The van der Waals surface area contributed by atoms with Gasteiger partial charge in [-0.05, 0) is 6.42 Å². The summed E-state index contributed by atoms with van der Waals surface area (Å²) >= 11 is 0. The molecule has 0 fully saturated rings. The number of aromatic amines is 1. The number of carbonyl (C=O) groups excluding carboxylic acids is 1. The highest BCUT2D eigenvalue weighted by atomic mass is 16.1. The van der Waals surface area contributed by atoms with Crippen LogP contribution in [0.2, 0.25) is 0 Å². The van der Waals surface area contributed by atoms with Crippen LogP contribution in [0, 0.1) is 0 Å². The number of aromatic nitrogens is 2.